The lowest BCUT2D eigenvalue weighted by molar-refractivity contribution is 0.00578. The van der Waals surface area contributed by atoms with E-state index in [9.17, 15) is 0 Å². The van der Waals surface area contributed by atoms with Gasteiger partial charge in [-0.05, 0) is 197 Å². The van der Waals surface area contributed by atoms with Gasteiger partial charge >= 0.3 is 21.1 Å². The molecule has 11 heteroatoms. The van der Waals surface area contributed by atoms with Crippen LogP contribution in [0.2, 0.25) is 0 Å². The van der Waals surface area contributed by atoms with Crippen molar-refractivity contribution in [3.63, 3.8) is 0 Å². The third-order valence-electron chi connectivity index (χ3n) is 18.1. The molecule has 6 nitrogen and oxygen atoms in total. The van der Waals surface area contributed by atoms with Crippen LogP contribution in [-0.2, 0) is 27.9 Å². The van der Waals surface area contributed by atoms with Crippen molar-refractivity contribution in [2.45, 2.75) is 124 Å². The topological polar surface area (TPSA) is 55.4 Å². The summed E-state index contributed by atoms with van der Waals surface area (Å²) in [4.78, 5) is 0. The molecule has 0 amide bonds. The molecule has 3 saturated heterocycles. The van der Waals surface area contributed by atoms with Gasteiger partial charge in [-0.3, -0.25) is 0 Å². The average Bonchev–Trinajstić information content (AvgIpc) is 4.24. The van der Waals surface area contributed by atoms with Gasteiger partial charge in [0.05, 0.1) is 33.6 Å². The summed E-state index contributed by atoms with van der Waals surface area (Å²) in [7, 11) is -1.32. The Bertz CT molecular complexity index is 4340. The summed E-state index contributed by atoms with van der Waals surface area (Å²) in [6, 6.07) is 58.2. The molecule has 2 aromatic heterocycles. The van der Waals surface area contributed by atoms with Gasteiger partial charge in [-0.1, -0.05) is 127 Å². The molecule has 390 valence electrons. The van der Waals surface area contributed by atoms with Crippen molar-refractivity contribution < 1.29 is 27.9 Å². The first kappa shape index (κ1) is 51.6. The van der Waals surface area contributed by atoms with Crippen LogP contribution in [0.1, 0.15) is 88.6 Å². The van der Waals surface area contributed by atoms with Crippen molar-refractivity contribution in [2.24, 2.45) is 0 Å². The van der Waals surface area contributed by atoms with Crippen LogP contribution in [0.15, 0.2) is 158 Å². The molecule has 0 atom stereocenters. The minimum Gasteiger partial charge on any atom is -0.405 e. The van der Waals surface area contributed by atoms with Gasteiger partial charge in [0.15, 0.2) is 0 Å². The number of benzene rings is 10. The smallest absolute Gasteiger partial charge is 0.405 e. The third kappa shape index (κ3) is 8.29. The lowest BCUT2D eigenvalue weighted by atomic mass is 9.49. The Morgan fingerprint density at radius 2 is 0.577 bits per heavy atom. The number of rotatable bonds is 2. The maximum Gasteiger partial charge on any atom is 0.494 e. The van der Waals surface area contributed by atoms with Crippen LogP contribution in [0.25, 0.3) is 105 Å². The van der Waals surface area contributed by atoms with E-state index in [4.69, 9.17) is 27.9 Å². The number of fused-ring (bicyclic) bond motifs is 18. The Balaban J connectivity index is 0.000000117. The normalized spacial score (nSPS) is 19.1. The fourth-order valence-corrected chi connectivity index (χ4v) is 13.9. The van der Waals surface area contributed by atoms with Crippen LogP contribution in [0, 0.1) is 6.92 Å². The number of hydrogen-bond donors (Lipinski definition) is 0. The molecule has 3 aliphatic heterocycles. The molecule has 0 bridgehead atoms. The first-order chi connectivity index (χ1) is 37.0. The monoisotopic (exact) mass is 1060 g/mol. The summed E-state index contributed by atoms with van der Waals surface area (Å²) in [6.07, 6.45) is 0. The van der Waals surface area contributed by atoms with Crippen LogP contribution < -0.4 is 5.46 Å². The minimum absolute atomic E-state index is 0.356. The second-order valence-corrected chi connectivity index (χ2v) is 26.9. The zero-order valence-electron chi connectivity index (χ0n) is 47.0. The zero-order valence-corrected chi connectivity index (χ0v) is 48.6. The van der Waals surface area contributed by atoms with E-state index >= 15 is 0 Å². The molecule has 0 radical (unpaired) electrons. The van der Waals surface area contributed by atoms with Gasteiger partial charge in [-0.2, -0.15) is 0 Å². The average molecular weight is 1060 g/mol. The van der Waals surface area contributed by atoms with E-state index in [1.54, 1.807) is 0 Å². The molecule has 0 saturated carbocycles. The molecule has 5 heterocycles. The molecule has 3 fully saturated rings. The third-order valence-corrected chi connectivity index (χ3v) is 20.4. The highest BCUT2D eigenvalue weighted by Gasteiger charge is 2.63. The van der Waals surface area contributed by atoms with E-state index < -0.39 is 14.0 Å². The van der Waals surface area contributed by atoms with Crippen molar-refractivity contribution in [3.05, 3.63) is 163 Å². The molecule has 0 N–H and O–H groups in total. The molecule has 0 spiro atoms. The second kappa shape index (κ2) is 18.1. The molecular formula is C67H65B3O6S2. The number of thiophene rings is 2. The van der Waals surface area contributed by atoms with Gasteiger partial charge in [-0.15, -0.1) is 22.7 Å². The lowest BCUT2D eigenvalue weighted by Crippen LogP contribution is -2.41. The van der Waals surface area contributed by atoms with Gasteiger partial charge in [0, 0.05) is 40.3 Å². The standard InChI is InChI=1S/C30H25BO2S.C25H16S.C12H24B2O4/c1-29(2)30(3,4)33-31(32-29)18-13-14-21-23(15-18)19-9-5-6-10-20(19)24-16-26-22-11-7-8-12-27(22)34-28(26)17-25(21)24;1-15-10-11-18-20(12-15)16-6-2-3-7-17(16)21-13-23-19-8-4-5-9-24(19)26-25(23)14-22(18)21;1-9(2)10(3,4)16-13(15-9)14-17-11(5,6)12(7,8)18-14/h5-17H,1-4H3;2-14H,1H3;1-8H3. The molecular weight excluding hydrogens is 997 g/mol. The van der Waals surface area contributed by atoms with E-state index in [2.05, 4.69) is 192 Å². The Kier molecular flexibility index (Phi) is 12.0. The summed E-state index contributed by atoms with van der Waals surface area (Å²) >= 11 is 3.77. The van der Waals surface area contributed by atoms with Crippen LogP contribution >= 0.6 is 22.7 Å². The van der Waals surface area contributed by atoms with Crippen molar-refractivity contribution in [1.29, 1.82) is 0 Å². The quantitative estimate of drug-likeness (QED) is 0.127. The molecule has 3 aliphatic rings. The van der Waals surface area contributed by atoms with Crippen LogP contribution in [-0.4, -0.2) is 54.7 Å². The molecule has 15 rings (SSSR count). The summed E-state index contributed by atoms with van der Waals surface area (Å²) in [5, 5.41) is 21.2. The fraction of sp³-hybridized carbons (Fsp3) is 0.284. The molecule has 12 aromatic rings. The van der Waals surface area contributed by atoms with E-state index in [1.165, 1.54) is 111 Å². The first-order valence-electron chi connectivity index (χ1n) is 27.4. The van der Waals surface area contributed by atoms with E-state index in [1.807, 2.05) is 78.1 Å². The van der Waals surface area contributed by atoms with Crippen molar-refractivity contribution in [2.75, 3.05) is 0 Å². The Labute approximate surface area is 466 Å². The molecule has 10 aromatic carbocycles. The highest BCUT2D eigenvalue weighted by Crippen LogP contribution is 2.46. The van der Waals surface area contributed by atoms with E-state index in [0.29, 0.717) is 0 Å². The van der Waals surface area contributed by atoms with Gasteiger partial charge in [-0.25, -0.2) is 0 Å². The molecule has 0 unspecified atom stereocenters. The minimum atomic E-state index is -0.476. The SMILES string of the molecule is CC1(C)OB(B2OC(C)(C)C(C)(C)O2)OC1(C)C.CC1(C)OB(c2ccc3c(c2)c2ccccc2c2cc4c(cc32)sc2ccccc24)OC1(C)C.Cc1ccc2c(c1)c1ccccc1c1cc3c(cc21)sc1ccccc13. The fourth-order valence-electron chi connectivity index (χ4n) is 11.6. The number of aryl methyl sites for hydroxylation is 1. The van der Waals surface area contributed by atoms with E-state index in [0.717, 1.165) is 5.46 Å². The highest BCUT2D eigenvalue weighted by atomic mass is 32.1. The van der Waals surface area contributed by atoms with Crippen LogP contribution in [0.4, 0.5) is 0 Å². The zero-order chi connectivity index (χ0) is 54.5. The van der Waals surface area contributed by atoms with Crippen LogP contribution in [0.3, 0.4) is 0 Å². The first-order valence-corrected chi connectivity index (χ1v) is 29.1. The maximum absolute atomic E-state index is 6.37. The summed E-state index contributed by atoms with van der Waals surface area (Å²) in [5.41, 5.74) is 0.226. The summed E-state index contributed by atoms with van der Waals surface area (Å²) in [6.45, 7) is 26.8. The van der Waals surface area contributed by atoms with Crippen molar-refractivity contribution >= 4 is 154 Å². The predicted molar refractivity (Wildman–Crippen MR) is 336 cm³/mol. The van der Waals surface area contributed by atoms with Crippen molar-refractivity contribution in [1.82, 2.24) is 0 Å². The molecule has 78 heavy (non-hydrogen) atoms. The Morgan fingerprint density at radius 3 is 0.987 bits per heavy atom. The molecule has 0 aliphatic carbocycles. The van der Waals surface area contributed by atoms with Crippen LogP contribution in [0.5, 0.6) is 0 Å². The summed E-state index contributed by atoms with van der Waals surface area (Å²) in [5.74, 6) is 0. The van der Waals surface area contributed by atoms with Gasteiger partial charge in [0.2, 0.25) is 0 Å². The highest BCUT2D eigenvalue weighted by molar-refractivity contribution is 7.26. The Hall–Kier alpha value is -5.85. The van der Waals surface area contributed by atoms with E-state index in [-0.39, 0.29) is 40.7 Å². The number of hydrogen-bond acceptors (Lipinski definition) is 8. The second-order valence-electron chi connectivity index (χ2n) is 24.8. The lowest BCUT2D eigenvalue weighted by Gasteiger charge is -2.32. The largest absolute Gasteiger partial charge is 0.494 e. The van der Waals surface area contributed by atoms with Crippen molar-refractivity contribution in [3.8, 4) is 0 Å². The van der Waals surface area contributed by atoms with Gasteiger partial charge in [0.25, 0.3) is 0 Å². The Morgan fingerprint density at radius 1 is 0.269 bits per heavy atom. The maximum atomic E-state index is 6.37. The summed E-state index contributed by atoms with van der Waals surface area (Å²) < 4.78 is 42.0. The van der Waals surface area contributed by atoms with Gasteiger partial charge in [0.1, 0.15) is 0 Å². The van der Waals surface area contributed by atoms with Gasteiger partial charge < -0.3 is 27.9 Å². The predicted octanol–water partition coefficient (Wildman–Crippen LogP) is 17.9.